The molecule has 0 aliphatic carbocycles. The minimum atomic E-state index is -0.919. The van der Waals surface area contributed by atoms with E-state index in [1.165, 1.54) is 11.9 Å². The number of likely N-dealkylation sites (N-methyl/N-ethyl adjacent to an activating group) is 1. The number of nitrogens with two attached hydrogens (primary N) is 1. The number of carbonyl (C=O) groups is 4. The zero-order valence-electron chi connectivity index (χ0n) is 29.4. The van der Waals surface area contributed by atoms with E-state index in [2.05, 4.69) is 32.3 Å². The van der Waals surface area contributed by atoms with E-state index in [0.717, 1.165) is 33.2 Å². The maximum atomic E-state index is 13.4. The number of hydrogen-bond donors (Lipinski definition) is 4. The lowest BCUT2D eigenvalue weighted by Gasteiger charge is -2.29. The van der Waals surface area contributed by atoms with E-state index in [1.807, 2.05) is 58.0 Å². The molecule has 0 bridgehead atoms. The third kappa shape index (κ3) is 11.1. The summed E-state index contributed by atoms with van der Waals surface area (Å²) in [5.41, 5.74) is 10.2. The Kier molecular flexibility index (Phi) is 14.2. The number of carbonyl (C=O) groups excluding carboxylic acids is 4. The fraction of sp³-hybridized carbons (Fsp3) is 0.421. The van der Waals surface area contributed by atoms with Crippen molar-refractivity contribution >= 4 is 56.1 Å². The summed E-state index contributed by atoms with van der Waals surface area (Å²) < 4.78 is 6.40. The summed E-state index contributed by atoms with van der Waals surface area (Å²) in [5, 5.41) is 13.3. The van der Waals surface area contributed by atoms with Crippen LogP contribution in [0, 0.1) is 11.8 Å². The van der Waals surface area contributed by atoms with Crippen LogP contribution in [-0.4, -0.2) is 63.9 Å². The average molecular weight is 738 g/mol. The molecule has 3 rings (SSSR count). The molecule has 0 spiro atoms. The van der Waals surface area contributed by atoms with Gasteiger partial charge in [-0.2, -0.15) is 0 Å². The number of phenolic OH excluding ortho intramolecular Hbond substituents is 1. The number of phenols is 1. The summed E-state index contributed by atoms with van der Waals surface area (Å²) >= 11 is 3.52. The highest BCUT2D eigenvalue weighted by Gasteiger charge is 2.31. The number of nitrogens with one attached hydrogen (secondary N) is 2. The molecule has 3 aromatic rings. The maximum Gasteiger partial charge on any atom is 0.310 e. The van der Waals surface area contributed by atoms with Gasteiger partial charge in [-0.15, -0.1) is 0 Å². The van der Waals surface area contributed by atoms with Crippen molar-refractivity contribution in [1.82, 2.24) is 15.2 Å². The summed E-state index contributed by atoms with van der Waals surface area (Å²) in [6.07, 6.45) is 5.06. The monoisotopic (exact) mass is 736 g/mol. The molecule has 11 heteroatoms. The Morgan fingerprint density at radius 3 is 2.35 bits per heavy atom. The average Bonchev–Trinajstić information content (AvgIpc) is 3.35. The molecule has 0 aliphatic heterocycles. The zero-order chi connectivity index (χ0) is 36.4. The molecule has 0 radical (unpaired) electrons. The lowest BCUT2D eigenvalue weighted by molar-refractivity contribution is -0.147. The van der Waals surface area contributed by atoms with Gasteiger partial charge < -0.3 is 30.8 Å². The largest absolute Gasteiger partial charge is 0.508 e. The van der Waals surface area contributed by atoms with Crippen LogP contribution >= 0.6 is 15.9 Å². The number of amides is 3. The molecule has 0 saturated heterocycles. The van der Waals surface area contributed by atoms with Crippen LogP contribution in [0.2, 0.25) is 0 Å². The van der Waals surface area contributed by atoms with Crippen molar-refractivity contribution in [2.24, 2.45) is 17.6 Å². The van der Waals surface area contributed by atoms with Crippen molar-refractivity contribution in [1.29, 1.82) is 0 Å². The number of aromatic hydroxyl groups is 1. The van der Waals surface area contributed by atoms with Gasteiger partial charge in [0.15, 0.2) is 0 Å². The highest BCUT2D eigenvalue weighted by molar-refractivity contribution is 9.10. The molecular formula is C38H49BrN4O6. The molecule has 1 aromatic heterocycles. The first-order chi connectivity index (χ1) is 23.1. The summed E-state index contributed by atoms with van der Waals surface area (Å²) in [6.45, 7) is 11.1. The van der Waals surface area contributed by atoms with E-state index in [9.17, 15) is 24.3 Å². The fourth-order valence-corrected chi connectivity index (χ4v) is 6.69. The van der Waals surface area contributed by atoms with Crippen molar-refractivity contribution in [3.8, 4) is 5.75 Å². The minimum absolute atomic E-state index is 0.0911. The normalized spacial score (nSPS) is 15.2. The maximum absolute atomic E-state index is 13.4. The van der Waals surface area contributed by atoms with Gasteiger partial charge in [0.2, 0.25) is 17.7 Å². The molecule has 2 aromatic carbocycles. The van der Waals surface area contributed by atoms with Gasteiger partial charge in [0.25, 0.3) is 0 Å². The lowest BCUT2D eigenvalue weighted by atomic mass is 9.95. The first-order valence-electron chi connectivity index (χ1n) is 16.5. The van der Waals surface area contributed by atoms with Crippen LogP contribution in [0.3, 0.4) is 0 Å². The molecule has 0 aliphatic rings. The molecule has 10 nitrogen and oxygen atoms in total. The number of benzene rings is 2. The number of fused-ring (bicyclic) bond motifs is 1. The third-order valence-electron chi connectivity index (χ3n) is 8.63. The van der Waals surface area contributed by atoms with E-state index in [-0.39, 0.29) is 42.5 Å². The molecular weight excluding hydrogens is 688 g/mol. The number of esters is 1. The number of ether oxygens (including phenoxy) is 1. The van der Waals surface area contributed by atoms with Gasteiger partial charge in [-0.05, 0) is 97.3 Å². The number of aromatic nitrogens is 1. The van der Waals surface area contributed by atoms with Crippen LogP contribution in [-0.2, 0) is 30.3 Å². The van der Waals surface area contributed by atoms with E-state index in [1.54, 1.807) is 38.1 Å². The zero-order valence-corrected chi connectivity index (χ0v) is 31.0. The Morgan fingerprint density at radius 2 is 1.71 bits per heavy atom. The van der Waals surface area contributed by atoms with Gasteiger partial charge >= 0.3 is 5.97 Å². The van der Waals surface area contributed by atoms with Gasteiger partial charge in [0.05, 0.1) is 17.1 Å². The lowest BCUT2D eigenvalue weighted by Crippen LogP contribution is -2.53. The number of primary amides is 1. The van der Waals surface area contributed by atoms with Crippen LogP contribution in [0.15, 0.2) is 70.9 Å². The van der Waals surface area contributed by atoms with Gasteiger partial charge in [0, 0.05) is 30.3 Å². The molecule has 5 N–H and O–H groups in total. The second kappa shape index (κ2) is 17.9. The van der Waals surface area contributed by atoms with Crippen molar-refractivity contribution in [3.63, 3.8) is 0 Å². The number of rotatable bonds is 16. The molecule has 3 amide bonds. The number of para-hydroxylation sites is 1. The number of nitrogens with zero attached hydrogens (tertiary/aromatic N) is 1. The predicted octanol–water partition coefficient (Wildman–Crippen LogP) is 6.42. The summed E-state index contributed by atoms with van der Waals surface area (Å²) in [7, 11) is 1.52. The molecule has 0 unspecified atom stereocenters. The first kappa shape index (κ1) is 39.1. The summed E-state index contributed by atoms with van der Waals surface area (Å²) in [5.74, 6) is -1.82. The first-order valence-corrected chi connectivity index (χ1v) is 17.3. The Hall–Kier alpha value is -4.38. The minimum Gasteiger partial charge on any atom is -0.508 e. The Balaban J connectivity index is 1.50. The Labute approximate surface area is 297 Å². The van der Waals surface area contributed by atoms with E-state index in [4.69, 9.17) is 10.5 Å². The number of allylic oxidation sites excluding steroid dienone is 3. The molecule has 264 valence electrons. The third-order valence-corrected chi connectivity index (χ3v) is 9.31. The van der Waals surface area contributed by atoms with Gasteiger partial charge in [0.1, 0.15) is 17.8 Å². The predicted molar refractivity (Wildman–Crippen MR) is 196 cm³/mol. The van der Waals surface area contributed by atoms with Crippen LogP contribution in [0.25, 0.3) is 16.5 Å². The van der Waals surface area contributed by atoms with E-state index >= 15 is 0 Å². The molecule has 49 heavy (non-hydrogen) atoms. The number of halogens is 1. The standard InChI is InChI=1S/C38H49BrN4O6/c1-8-27(28-13-15-29(44)16-14-28)20-34(45)49-25(5)19-23(3)17-22(2)18-24(4)37(47)41-26(6)38(48)43(7)33(36(40)46)21-31-30-11-9-10-12-32(30)42-35(31)39/h8-17,23-26,33,42,44H,18-21H2,1-7H3,(H2,40,46)(H,41,47)/b22-17+,27-8-/t23-,24-,25-,26-,33+/m0/s1. The molecule has 0 saturated carbocycles. The van der Waals surface area contributed by atoms with Crippen molar-refractivity contribution in [2.45, 2.75) is 85.4 Å². The van der Waals surface area contributed by atoms with Crippen LogP contribution in [0.1, 0.15) is 71.9 Å². The van der Waals surface area contributed by atoms with Crippen LogP contribution < -0.4 is 11.1 Å². The van der Waals surface area contributed by atoms with Gasteiger partial charge in [-0.1, -0.05) is 61.9 Å². The Morgan fingerprint density at radius 1 is 1.06 bits per heavy atom. The second-order valence-electron chi connectivity index (χ2n) is 12.9. The van der Waals surface area contributed by atoms with Gasteiger partial charge in [-0.3, -0.25) is 19.2 Å². The number of hydrogen-bond acceptors (Lipinski definition) is 6. The smallest absolute Gasteiger partial charge is 0.310 e. The SMILES string of the molecule is C/C=C(/CC(=O)O[C@@H](C)C[C@@H](C)/C=C(\C)C[C@H](C)C(=O)N[C@@H](C)C(=O)N(C)[C@H](Cc1c(Br)[nH]c2ccccc12)C(N)=O)c1ccc(O)cc1. The van der Waals surface area contributed by atoms with E-state index in [0.29, 0.717) is 17.4 Å². The molecule has 1 heterocycles. The van der Waals surface area contributed by atoms with Crippen molar-refractivity contribution in [2.75, 3.05) is 7.05 Å². The quantitative estimate of drug-likeness (QED) is 0.0983. The summed E-state index contributed by atoms with van der Waals surface area (Å²) in [6, 6.07) is 12.6. The van der Waals surface area contributed by atoms with Crippen LogP contribution in [0.4, 0.5) is 0 Å². The van der Waals surface area contributed by atoms with E-state index < -0.39 is 29.8 Å². The highest BCUT2D eigenvalue weighted by atomic mass is 79.9. The van der Waals surface area contributed by atoms with Gasteiger partial charge in [-0.25, -0.2) is 0 Å². The fourth-order valence-electron chi connectivity index (χ4n) is 6.10. The topological polar surface area (TPSA) is 155 Å². The highest BCUT2D eigenvalue weighted by Crippen LogP contribution is 2.28. The number of H-pyrrole nitrogens is 1. The molecule has 5 atom stereocenters. The Bertz CT molecular complexity index is 1700. The molecule has 0 fully saturated rings. The van der Waals surface area contributed by atoms with Crippen LogP contribution in [0.5, 0.6) is 5.75 Å². The summed E-state index contributed by atoms with van der Waals surface area (Å²) in [4.78, 5) is 56.1. The second-order valence-corrected chi connectivity index (χ2v) is 13.7. The van der Waals surface area contributed by atoms with Crippen molar-refractivity contribution < 1.29 is 29.0 Å². The number of aromatic amines is 1. The van der Waals surface area contributed by atoms with Crippen molar-refractivity contribution in [3.05, 3.63) is 82.0 Å².